The van der Waals surface area contributed by atoms with Crippen molar-refractivity contribution >= 4 is 27.4 Å². The molecule has 0 saturated heterocycles. The minimum Gasteiger partial charge on any atom is -0.452 e. The van der Waals surface area contributed by atoms with Gasteiger partial charge in [0, 0.05) is 11.9 Å². The smallest absolute Gasteiger partial charge is 0.339 e. The molecule has 7 heteroatoms. The van der Waals surface area contributed by atoms with E-state index in [1.165, 1.54) is 24.3 Å². The molecule has 2 aromatic carbocycles. The summed E-state index contributed by atoms with van der Waals surface area (Å²) in [6.45, 7) is 3.37. The molecular weight excluding hydrogens is 342 g/mol. The van der Waals surface area contributed by atoms with Crippen LogP contribution in [0.4, 0.5) is 5.69 Å². The number of benzene rings is 2. The fourth-order valence-corrected chi connectivity index (χ4v) is 3.06. The second-order valence-corrected chi connectivity index (χ2v) is 7.68. The molecule has 0 aliphatic heterocycles. The molecule has 0 bridgehead atoms. The second kappa shape index (κ2) is 7.48. The molecule has 1 N–H and O–H groups in total. The Balaban J connectivity index is 2.03. The number of esters is 1. The van der Waals surface area contributed by atoms with Crippen LogP contribution in [0.15, 0.2) is 47.4 Å². The molecule has 0 unspecified atom stereocenters. The molecule has 2 aromatic rings. The van der Waals surface area contributed by atoms with Crippen LogP contribution < -0.4 is 5.32 Å². The predicted octanol–water partition coefficient (Wildman–Crippen LogP) is 2.50. The van der Waals surface area contributed by atoms with Crippen molar-refractivity contribution in [3.8, 4) is 0 Å². The number of hydrogen-bond donors (Lipinski definition) is 1. The number of carbonyl (C=O) groups is 2. The molecule has 0 heterocycles. The van der Waals surface area contributed by atoms with E-state index in [0.717, 1.165) is 17.4 Å². The molecule has 0 fully saturated rings. The third kappa shape index (κ3) is 4.90. The SMILES string of the molecule is Cc1ccc(NC(=O)COC(=O)c2ccccc2S(C)(=O)=O)cc1C. The summed E-state index contributed by atoms with van der Waals surface area (Å²) >= 11 is 0. The van der Waals surface area contributed by atoms with Crippen LogP contribution in [0.2, 0.25) is 0 Å². The quantitative estimate of drug-likeness (QED) is 0.827. The molecule has 0 radical (unpaired) electrons. The Hall–Kier alpha value is -2.67. The Labute approximate surface area is 146 Å². The minimum atomic E-state index is -3.58. The fraction of sp³-hybridized carbons (Fsp3) is 0.222. The lowest BCUT2D eigenvalue weighted by atomic mass is 10.1. The van der Waals surface area contributed by atoms with E-state index in [4.69, 9.17) is 4.74 Å². The number of carbonyl (C=O) groups excluding carboxylic acids is 2. The Morgan fingerprint density at radius 2 is 1.72 bits per heavy atom. The van der Waals surface area contributed by atoms with Gasteiger partial charge in [-0.3, -0.25) is 4.79 Å². The van der Waals surface area contributed by atoms with E-state index in [1.807, 2.05) is 26.0 Å². The molecule has 0 aliphatic rings. The monoisotopic (exact) mass is 361 g/mol. The molecule has 132 valence electrons. The Morgan fingerprint density at radius 3 is 2.36 bits per heavy atom. The normalized spacial score (nSPS) is 11.0. The van der Waals surface area contributed by atoms with Crippen molar-refractivity contribution < 1.29 is 22.7 Å². The number of anilines is 1. The topological polar surface area (TPSA) is 89.5 Å². The van der Waals surface area contributed by atoms with Gasteiger partial charge in [0.2, 0.25) is 0 Å². The number of nitrogens with one attached hydrogen (secondary N) is 1. The third-order valence-electron chi connectivity index (χ3n) is 3.63. The van der Waals surface area contributed by atoms with Crippen LogP contribution in [0.25, 0.3) is 0 Å². The van der Waals surface area contributed by atoms with Crippen LogP contribution in [0.1, 0.15) is 21.5 Å². The Morgan fingerprint density at radius 1 is 1.04 bits per heavy atom. The van der Waals surface area contributed by atoms with Crippen LogP contribution in [0.3, 0.4) is 0 Å². The fourth-order valence-electron chi connectivity index (χ4n) is 2.18. The van der Waals surface area contributed by atoms with Crippen molar-refractivity contribution in [2.45, 2.75) is 18.7 Å². The Bertz CT molecular complexity index is 919. The highest BCUT2D eigenvalue weighted by atomic mass is 32.2. The molecule has 25 heavy (non-hydrogen) atoms. The molecular formula is C18H19NO5S. The first-order chi connectivity index (χ1) is 11.7. The third-order valence-corrected chi connectivity index (χ3v) is 4.79. The van der Waals surface area contributed by atoms with Crippen LogP contribution in [-0.4, -0.2) is 33.2 Å². The van der Waals surface area contributed by atoms with Crippen molar-refractivity contribution in [2.24, 2.45) is 0 Å². The number of hydrogen-bond acceptors (Lipinski definition) is 5. The average Bonchev–Trinajstić information content (AvgIpc) is 2.55. The summed E-state index contributed by atoms with van der Waals surface area (Å²) in [5.74, 6) is -1.37. The minimum absolute atomic E-state index is 0.0935. The van der Waals surface area contributed by atoms with E-state index in [9.17, 15) is 18.0 Å². The number of sulfone groups is 1. The van der Waals surface area contributed by atoms with Crippen LogP contribution in [0, 0.1) is 13.8 Å². The Kier molecular flexibility index (Phi) is 5.58. The maximum atomic E-state index is 12.1. The summed E-state index contributed by atoms with van der Waals surface area (Å²) in [7, 11) is -3.58. The summed E-state index contributed by atoms with van der Waals surface area (Å²) in [4.78, 5) is 23.9. The van der Waals surface area contributed by atoms with Crippen LogP contribution in [0.5, 0.6) is 0 Å². The maximum absolute atomic E-state index is 12.1. The van der Waals surface area contributed by atoms with E-state index in [2.05, 4.69) is 5.32 Å². The van der Waals surface area contributed by atoms with Gasteiger partial charge < -0.3 is 10.1 Å². The van der Waals surface area contributed by atoms with E-state index >= 15 is 0 Å². The van der Waals surface area contributed by atoms with E-state index in [1.54, 1.807) is 6.07 Å². The van der Waals surface area contributed by atoms with E-state index < -0.39 is 28.3 Å². The van der Waals surface area contributed by atoms with Crippen molar-refractivity contribution in [3.63, 3.8) is 0 Å². The first kappa shape index (κ1) is 18.7. The van der Waals surface area contributed by atoms with Crippen molar-refractivity contribution in [2.75, 3.05) is 18.2 Å². The molecule has 2 rings (SSSR count). The van der Waals surface area contributed by atoms with Crippen molar-refractivity contribution in [3.05, 3.63) is 59.2 Å². The summed E-state index contributed by atoms with van der Waals surface area (Å²) < 4.78 is 28.4. The summed E-state index contributed by atoms with van der Waals surface area (Å²) in [6, 6.07) is 11.1. The molecule has 0 aliphatic carbocycles. The van der Waals surface area contributed by atoms with E-state index in [0.29, 0.717) is 5.69 Å². The average molecular weight is 361 g/mol. The summed E-state index contributed by atoms with van der Waals surface area (Å²) in [6.07, 6.45) is 1.01. The lowest BCUT2D eigenvalue weighted by molar-refractivity contribution is -0.119. The van der Waals surface area contributed by atoms with Gasteiger partial charge in [0.25, 0.3) is 5.91 Å². The van der Waals surface area contributed by atoms with Crippen molar-refractivity contribution in [1.29, 1.82) is 0 Å². The molecule has 0 atom stereocenters. The van der Waals surface area contributed by atoms with Gasteiger partial charge in [0.1, 0.15) is 0 Å². The lowest BCUT2D eigenvalue weighted by Crippen LogP contribution is -2.21. The molecule has 0 aromatic heterocycles. The largest absolute Gasteiger partial charge is 0.452 e. The van der Waals surface area contributed by atoms with Crippen LogP contribution in [-0.2, 0) is 19.4 Å². The van der Waals surface area contributed by atoms with Gasteiger partial charge in [-0.25, -0.2) is 13.2 Å². The standard InChI is InChI=1S/C18H19NO5S/c1-12-8-9-14(10-13(12)2)19-17(20)11-24-18(21)15-6-4-5-7-16(15)25(3,22)23/h4-10H,11H2,1-3H3,(H,19,20). The zero-order valence-electron chi connectivity index (χ0n) is 14.2. The van der Waals surface area contributed by atoms with Crippen LogP contribution >= 0.6 is 0 Å². The lowest BCUT2D eigenvalue weighted by Gasteiger charge is -2.10. The highest BCUT2D eigenvalue weighted by Gasteiger charge is 2.20. The number of rotatable bonds is 5. The van der Waals surface area contributed by atoms with Gasteiger partial charge in [-0.2, -0.15) is 0 Å². The number of aryl methyl sites for hydroxylation is 2. The summed E-state index contributed by atoms with van der Waals surface area (Å²) in [5.41, 5.74) is 2.63. The zero-order chi connectivity index (χ0) is 18.6. The highest BCUT2D eigenvalue weighted by molar-refractivity contribution is 7.90. The van der Waals surface area contributed by atoms with Gasteiger partial charge in [-0.05, 0) is 49.2 Å². The van der Waals surface area contributed by atoms with Gasteiger partial charge in [-0.15, -0.1) is 0 Å². The van der Waals surface area contributed by atoms with E-state index in [-0.39, 0.29) is 10.5 Å². The molecule has 6 nitrogen and oxygen atoms in total. The summed E-state index contributed by atoms with van der Waals surface area (Å²) in [5, 5.41) is 2.63. The number of amides is 1. The first-order valence-corrected chi connectivity index (χ1v) is 9.41. The zero-order valence-corrected chi connectivity index (χ0v) is 15.0. The predicted molar refractivity (Wildman–Crippen MR) is 94.4 cm³/mol. The first-order valence-electron chi connectivity index (χ1n) is 7.52. The van der Waals surface area contributed by atoms with Gasteiger partial charge in [0.05, 0.1) is 10.5 Å². The molecule has 1 amide bonds. The maximum Gasteiger partial charge on any atom is 0.339 e. The second-order valence-electron chi connectivity index (χ2n) is 5.69. The van der Waals surface area contributed by atoms with Gasteiger partial charge in [0.15, 0.2) is 16.4 Å². The highest BCUT2D eigenvalue weighted by Crippen LogP contribution is 2.17. The van der Waals surface area contributed by atoms with Crippen molar-refractivity contribution in [1.82, 2.24) is 0 Å². The van der Waals surface area contributed by atoms with Gasteiger partial charge in [-0.1, -0.05) is 18.2 Å². The number of ether oxygens (including phenoxy) is 1. The van der Waals surface area contributed by atoms with Gasteiger partial charge >= 0.3 is 5.97 Å². The molecule has 0 saturated carbocycles. The molecule has 0 spiro atoms.